The minimum absolute atomic E-state index is 0.0166. The van der Waals surface area contributed by atoms with Crippen molar-refractivity contribution in [2.24, 2.45) is 0 Å². The quantitative estimate of drug-likeness (QED) is 0.727. The number of nitrogens with one attached hydrogen (secondary N) is 2. The monoisotopic (exact) mass is 356 g/mol. The van der Waals surface area contributed by atoms with Crippen LogP contribution in [0.2, 0.25) is 0 Å². The van der Waals surface area contributed by atoms with Gasteiger partial charge in [0.1, 0.15) is 11.5 Å². The summed E-state index contributed by atoms with van der Waals surface area (Å²) in [4.78, 5) is 12.0. The van der Waals surface area contributed by atoms with Gasteiger partial charge in [-0.1, -0.05) is 0 Å². The highest BCUT2D eigenvalue weighted by Crippen LogP contribution is 2.29. The Balaban J connectivity index is 1.94. The fourth-order valence-corrected chi connectivity index (χ4v) is 4.22. The molecule has 1 aromatic carbocycles. The normalized spacial score (nSPS) is 18.8. The summed E-state index contributed by atoms with van der Waals surface area (Å²) in [5, 5.41) is 5.77. The lowest BCUT2D eigenvalue weighted by atomic mass is 10.2. The maximum atomic E-state index is 12.0. The van der Waals surface area contributed by atoms with Crippen molar-refractivity contribution in [1.29, 1.82) is 0 Å². The second kappa shape index (κ2) is 8.23. The van der Waals surface area contributed by atoms with E-state index < -0.39 is 9.84 Å². The molecule has 7 nitrogen and oxygen atoms in total. The van der Waals surface area contributed by atoms with E-state index in [1.807, 2.05) is 19.9 Å². The molecule has 134 valence electrons. The van der Waals surface area contributed by atoms with Crippen molar-refractivity contribution in [3.05, 3.63) is 18.2 Å². The van der Waals surface area contributed by atoms with Crippen molar-refractivity contribution in [3.63, 3.8) is 0 Å². The molecule has 0 unspecified atom stereocenters. The van der Waals surface area contributed by atoms with Crippen molar-refractivity contribution < 1.29 is 22.7 Å². The number of amides is 1. The summed E-state index contributed by atoms with van der Waals surface area (Å²) in [5.41, 5.74) is 0.664. The first-order valence-corrected chi connectivity index (χ1v) is 9.89. The van der Waals surface area contributed by atoms with Crippen LogP contribution >= 0.6 is 0 Å². The Morgan fingerprint density at radius 1 is 1.25 bits per heavy atom. The van der Waals surface area contributed by atoms with Gasteiger partial charge in [0.05, 0.1) is 37.0 Å². The molecule has 1 aromatic rings. The Hall–Kier alpha value is -1.96. The first-order valence-electron chi connectivity index (χ1n) is 8.06. The Labute approximate surface area is 142 Å². The summed E-state index contributed by atoms with van der Waals surface area (Å²) in [6, 6.07) is 5.08. The molecule has 24 heavy (non-hydrogen) atoms. The lowest BCUT2D eigenvalue weighted by molar-refractivity contribution is -0.119. The van der Waals surface area contributed by atoms with E-state index in [0.29, 0.717) is 36.8 Å². The Bertz CT molecular complexity index is 675. The Kier molecular flexibility index (Phi) is 6.30. The number of sulfone groups is 1. The number of carbonyl (C=O) groups excluding carboxylic acids is 1. The molecule has 0 saturated carbocycles. The van der Waals surface area contributed by atoms with Crippen LogP contribution in [0.1, 0.15) is 20.3 Å². The molecule has 8 heteroatoms. The number of benzene rings is 1. The summed E-state index contributed by atoms with van der Waals surface area (Å²) in [6.07, 6.45) is 0.470. The average Bonchev–Trinajstić information content (AvgIpc) is 2.86. The van der Waals surface area contributed by atoms with E-state index in [1.165, 1.54) is 0 Å². The summed E-state index contributed by atoms with van der Waals surface area (Å²) in [7, 11) is -3.01. The van der Waals surface area contributed by atoms with E-state index in [1.54, 1.807) is 12.1 Å². The Morgan fingerprint density at radius 3 is 2.62 bits per heavy atom. The van der Waals surface area contributed by atoms with Crippen LogP contribution < -0.4 is 20.1 Å². The van der Waals surface area contributed by atoms with Crippen LogP contribution in [0.25, 0.3) is 0 Å². The van der Waals surface area contributed by atoms with Crippen LogP contribution in [0.4, 0.5) is 5.69 Å². The molecule has 0 aromatic heterocycles. The average molecular weight is 356 g/mol. The molecular weight excluding hydrogens is 332 g/mol. The van der Waals surface area contributed by atoms with E-state index in [4.69, 9.17) is 9.47 Å². The molecule has 1 atom stereocenters. The van der Waals surface area contributed by atoms with Gasteiger partial charge in [-0.15, -0.1) is 0 Å². The number of ether oxygens (including phenoxy) is 2. The van der Waals surface area contributed by atoms with Crippen LogP contribution in [0.3, 0.4) is 0 Å². The Morgan fingerprint density at radius 2 is 2.00 bits per heavy atom. The lowest BCUT2D eigenvalue weighted by Crippen LogP contribution is -2.39. The molecule has 1 aliphatic heterocycles. The third kappa shape index (κ3) is 5.30. The lowest BCUT2D eigenvalue weighted by Gasteiger charge is -2.15. The number of hydrogen-bond donors (Lipinski definition) is 2. The highest BCUT2D eigenvalue weighted by Gasteiger charge is 2.28. The third-order valence-corrected chi connectivity index (χ3v) is 5.37. The van der Waals surface area contributed by atoms with E-state index >= 15 is 0 Å². The zero-order valence-corrected chi connectivity index (χ0v) is 14.8. The molecule has 2 rings (SSSR count). The van der Waals surface area contributed by atoms with Crippen molar-refractivity contribution in [2.45, 2.75) is 26.3 Å². The van der Waals surface area contributed by atoms with Gasteiger partial charge in [-0.25, -0.2) is 8.42 Å². The molecule has 1 heterocycles. The number of rotatable bonds is 8. The first kappa shape index (κ1) is 18.4. The van der Waals surface area contributed by atoms with Gasteiger partial charge >= 0.3 is 0 Å². The fraction of sp³-hybridized carbons (Fsp3) is 0.562. The van der Waals surface area contributed by atoms with Gasteiger partial charge in [-0.05, 0) is 32.4 Å². The van der Waals surface area contributed by atoms with Crippen LogP contribution in [-0.4, -0.2) is 51.6 Å². The molecule has 2 N–H and O–H groups in total. The van der Waals surface area contributed by atoms with Gasteiger partial charge in [0.2, 0.25) is 5.91 Å². The van der Waals surface area contributed by atoms with Crippen LogP contribution in [0.5, 0.6) is 11.5 Å². The molecule has 0 aliphatic carbocycles. The van der Waals surface area contributed by atoms with Crippen molar-refractivity contribution in [3.8, 4) is 11.5 Å². The standard InChI is InChI=1S/C16H24N2O5S/c1-3-22-13-5-6-15(23-4-2)14(9-13)17-10-16(19)18-12-7-8-24(20,21)11-12/h5-6,9,12,17H,3-4,7-8,10-11H2,1-2H3,(H,18,19)/t12-/m1/s1. The molecule has 0 spiro atoms. The van der Waals surface area contributed by atoms with Gasteiger partial charge in [0.15, 0.2) is 9.84 Å². The molecular formula is C16H24N2O5S. The van der Waals surface area contributed by atoms with Gasteiger partial charge in [0, 0.05) is 12.1 Å². The molecule has 1 saturated heterocycles. The van der Waals surface area contributed by atoms with Crippen molar-refractivity contribution >= 4 is 21.4 Å². The predicted octanol–water partition coefficient (Wildman–Crippen LogP) is 1.20. The molecule has 1 aliphatic rings. The number of anilines is 1. The van der Waals surface area contributed by atoms with Crippen molar-refractivity contribution in [1.82, 2.24) is 5.32 Å². The second-order valence-electron chi connectivity index (χ2n) is 5.55. The molecule has 0 radical (unpaired) electrons. The summed E-state index contributed by atoms with van der Waals surface area (Å²) < 4.78 is 33.8. The fourth-order valence-electron chi connectivity index (χ4n) is 2.55. The maximum Gasteiger partial charge on any atom is 0.239 e. The highest BCUT2D eigenvalue weighted by atomic mass is 32.2. The maximum absolute atomic E-state index is 12.0. The summed E-state index contributed by atoms with van der Waals surface area (Å²) in [5.74, 6) is 1.23. The van der Waals surface area contributed by atoms with Gasteiger partial charge in [-0.3, -0.25) is 4.79 Å². The van der Waals surface area contributed by atoms with Gasteiger partial charge in [-0.2, -0.15) is 0 Å². The summed E-state index contributed by atoms with van der Waals surface area (Å²) in [6.45, 7) is 4.87. The van der Waals surface area contributed by atoms with E-state index in [9.17, 15) is 13.2 Å². The topological polar surface area (TPSA) is 93.7 Å². The molecule has 1 fully saturated rings. The molecule has 1 amide bonds. The van der Waals surface area contributed by atoms with Gasteiger partial charge < -0.3 is 20.1 Å². The zero-order chi connectivity index (χ0) is 17.6. The third-order valence-electron chi connectivity index (χ3n) is 3.60. The second-order valence-corrected chi connectivity index (χ2v) is 7.77. The zero-order valence-electron chi connectivity index (χ0n) is 14.0. The largest absolute Gasteiger partial charge is 0.494 e. The minimum atomic E-state index is -3.01. The number of carbonyl (C=O) groups is 1. The van der Waals surface area contributed by atoms with E-state index in [-0.39, 0.29) is 30.0 Å². The predicted molar refractivity (Wildman–Crippen MR) is 92.5 cm³/mol. The smallest absolute Gasteiger partial charge is 0.239 e. The summed E-state index contributed by atoms with van der Waals surface area (Å²) >= 11 is 0. The number of hydrogen-bond acceptors (Lipinski definition) is 6. The minimum Gasteiger partial charge on any atom is -0.494 e. The van der Waals surface area contributed by atoms with Gasteiger partial charge in [0.25, 0.3) is 0 Å². The molecule has 0 bridgehead atoms. The van der Waals surface area contributed by atoms with Crippen LogP contribution in [0.15, 0.2) is 18.2 Å². The first-order chi connectivity index (χ1) is 11.4. The van der Waals surface area contributed by atoms with Crippen molar-refractivity contribution in [2.75, 3.05) is 36.6 Å². The highest BCUT2D eigenvalue weighted by molar-refractivity contribution is 7.91. The van der Waals surface area contributed by atoms with E-state index in [2.05, 4.69) is 10.6 Å². The SMILES string of the molecule is CCOc1ccc(OCC)c(NCC(=O)N[C@@H]2CCS(=O)(=O)C2)c1. The van der Waals surface area contributed by atoms with Crippen LogP contribution in [-0.2, 0) is 14.6 Å². The van der Waals surface area contributed by atoms with E-state index in [0.717, 1.165) is 0 Å². The van der Waals surface area contributed by atoms with Crippen LogP contribution in [0, 0.1) is 0 Å².